The minimum Gasteiger partial charge on any atom is -0.467 e. The van der Waals surface area contributed by atoms with Gasteiger partial charge in [-0.3, -0.25) is 9.36 Å². The van der Waals surface area contributed by atoms with Crippen LogP contribution in [0.2, 0.25) is 0 Å². The summed E-state index contributed by atoms with van der Waals surface area (Å²) in [5.74, 6) is 0.585. The van der Waals surface area contributed by atoms with E-state index >= 15 is 0 Å². The largest absolute Gasteiger partial charge is 0.467 e. The molecule has 128 valence electrons. The van der Waals surface area contributed by atoms with Crippen molar-refractivity contribution in [3.05, 3.63) is 80.4 Å². The Kier molecular flexibility index (Phi) is 3.53. The zero-order valence-corrected chi connectivity index (χ0v) is 14.3. The molecule has 25 heavy (non-hydrogen) atoms. The van der Waals surface area contributed by atoms with E-state index in [-0.39, 0.29) is 17.5 Å². The first-order valence-corrected chi connectivity index (χ1v) is 8.52. The Balaban J connectivity index is 2.00. The van der Waals surface area contributed by atoms with E-state index in [4.69, 9.17) is 4.42 Å². The van der Waals surface area contributed by atoms with E-state index in [2.05, 4.69) is 24.9 Å². The molecule has 0 fully saturated rings. The Morgan fingerprint density at radius 3 is 2.72 bits per heavy atom. The zero-order chi connectivity index (χ0) is 17.6. The van der Waals surface area contributed by atoms with E-state index in [1.807, 2.05) is 18.2 Å². The van der Waals surface area contributed by atoms with Gasteiger partial charge in [0.25, 0.3) is 5.56 Å². The topological polar surface area (TPSA) is 68.0 Å². The maximum atomic E-state index is 13.2. The van der Waals surface area contributed by atoms with Gasteiger partial charge in [0.2, 0.25) is 0 Å². The molecule has 0 spiro atoms. The third-order valence-corrected chi connectivity index (χ3v) is 5.33. The molecular weight excluding hydrogens is 316 g/mol. The third-order valence-electron chi connectivity index (χ3n) is 5.33. The molecule has 3 aromatic rings. The van der Waals surface area contributed by atoms with E-state index in [9.17, 15) is 9.59 Å². The highest BCUT2D eigenvalue weighted by atomic mass is 16.3. The molecule has 0 radical (unpaired) electrons. The number of nitrogens with one attached hydrogen (secondary N) is 1. The number of nitrogens with zero attached hydrogens (tertiary/aromatic N) is 1. The van der Waals surface area contributed by atoms with Gasteiger partial charge in [0.15, 0.2) is 0 Å². The van der Waals surface area contributed by atoms with E-state index in [0.29, 0.717) is 17.0 Å². The van der Waals surface area contributed by atoms with Gasteiger partial charge in [0.05, 0.1) is 18.5 Å². The molecule has 1 unspecified atom stereocenters. The fourth-order valence-electron chi connectivity index (χ4n) is 3.76. The van der Waals surface area contributed by atoms with Crippen LogP contribution in [0.3, 0.4) is 0 Å². The molecule has 4 rings (SSSR count). The second kappa shape index (κ2) is 5.62. The van der Waals surface area contributed by atoms with Gasteiger partial charge in [-0.15, -0.1) is 0 Å². The highest BCUT2D eigenvalue weighted by Gasteiger charge is 2.37. The van der Waals surface area contributed by atoms with Crippen molar-refractivity contribution in [2.75, 3.05) is 0 Å². The number of furan rings is 1. The van der Waals surface area contributed by atoms with Crippen molar-refractivity contribution >= 4 is 0 Å². The molecule has 0 bridgehead atoms. The van der Waals surface area contributed by atoms with Crippen molar-refractivity contribution in [3.63, 3.8) is 0 Å². The molecule has 2 aromatic heterocycles. The molecule has 1 aliphatic carbocycles. The lowest BCUT2D eigenvalue weighted by atomic mass is 9.69. The molecule has 0 aliphatic heterocycles. The van der Waals surface area contributed by atoms with Gasteiger partial charge in [-0.25, -0.2) is 4.79 Å². The standard InChI is InChI=1S/C20H20N2O3/c1-3-20(2)11-13-7-4-5-9-15(13)17-16(20)18(23)22(19(24)21-17)12-14-8-6-10-25-14/h4-10H,3,11-12H2,1-2H3,(H,21,24). The summed E-state index contributed by atoms with van der Waals surface area (Å²) in [5, 5.41) is 0. The van der Waals surface area contributed by atoms with E-state index in [0.717, 1.165) is 24.0 Å². The SMILES string of the molecule is CCC1(C)Cc2ccccc2-c2[nH]c(=O)n(Cc3ccco3)c(=O)c21. The van der Waals surface area contributed by atoms with Crippen molar-refractivity contribution in [1.82, 2.24) is 9.55 Å². The Morgan fingerprint density at radius 1 is 1.20 bits per heavy atom. The Hall–Kier alpha value is -2.82. The van der Waals surface area contributed by atoms with Crippen LogP contribution in [0.25, 0.3) is 11.3 Å². The molecule has 5 nitrogen and oxygen atoms in total. The lowest BCUT2D eigenvalue weighted by Gasteiger charge is -2.35. The summed E-state index contributed by atoms with van der Waals surface area (Å²) in [6.07, 6.45) is 3.14. The summed E-state index contributed by atoms with van der Waals surface area (Å²) < 4.78 is 6.55. The molecule has 5 heteroatoms. The van der Waals surface area contributed by atoms with Crippen molar-refractivity contribution in [2.45, 2.75) is 38.6 Å². The van der Waals surface area contributed by atoms with Crippen LogP contribution in [-0.4, -0.2) is 9.55 Å². The molecule has 1 aromatic carbocycles. The fraction of sp³-hybridized carbons (Fsp3) is 0.300. The van der Waals surface area contributed by atoms with Gasteiger partial charge in [-0.1, -0.05) is 38.1 Å². The molecule has 0 saturated carbocycles. The predicted octanol–water partition coefficient (Wildman–Crippen LogP) is 3.07. The van der Waals surface area contributed by atoms with Crippen LogP contribution in [0.4, 0.5) is 0 Å². The zero-order valence-electron chi connectivity index (χ0n) is 14.3. The first-order valence-electron chi connectivity index (χ1n) is 8.52. The third kappa shape index (κ3) is 2.38. The number of hydrogen-bond acceptors (Lipinski definition) is 3. The lowest BCUT2D eigenvalue weighted by molar-refractivity contribution is 0.428. The number of fused-ring (bicyclic) bond motifs is 3. The Labute approximate surface area is 144 Å². The van der Waals surface area contributed by atoms with Crippen LogP contribution in [-0.2, 0) is 18.4 Å². The smallest absolute Gasteiger partial charge is 0.329 e. The first-order chi connectivity index (χ1) is 12.0. The molecule has 1 N–H and O–H groups in total. The normalized spacial score (nSPS) is 18.6. The maximum Gasteiger partial charge on any atom is 0.329 e. The highest BCUT2D eigenvalue weighted by molar-refractivity contribution is 5.71. The summed E-state index contributed by atoms with van der Waals surface area (Å²) in [7, 11) is 0. The van der Waals surface area contributed by atoms with Crippen molar-refractivity contribution in [3.8, 4) is 11.3 Å². The predicted molar refractivity (Wildman–Crippen MR) is 95.9 cm³/mol. The number of aromatic amines is 1. The molecule has 1 aliphatic rings. The average molecular weight is 336 g/mol. The monoisotopic (exact) mass is 336 g/mol. The van der Waals surface area contributed by atoms with Gasteiger partial charge in [0, 0.05) is 16.5 Å². The summed E-state index contributed by atoms with van der Waals surface area (Å²) in [4.78, 5) is 28.8. The van der Waals surface area contributed by atoms with Crippen molar-refractivity contribution < 1.29 is 4.42 Å². The van der Waals surface area contributed by atoms with Crippen LogP contribution in [0.1, 0.15) is 37.2 Å². The van der Waals surface area contributed by atoms with E-state index < -0.39 is 5.69 Å². The first kappa shape index (κ1) is 15.7. The molecular formula is C20H20N2O3. The minimum absolute atomic E-state index is 0.135. The number of H-pyrrole nitrogens is 1. The van der Waals surface area contributed by atoms with Crippen molar-refractivity contribution in [1.29, 1.82) is 0 Å². The van der Waals surface area contributed by atoms with Gasteiger partial charge in [-0.05, 0) is 30.5 Å². The van der Waals surface area contributed by atoms with Crippen LogP contribution < -0.4 is 11.2 Å². The highest BCUT2D eigenvalue weighted by Crippen LogP contribution is 2.41. The van der Waals surface area contributed by atoms with Gasteiger partial charge >= 0.3 is 5.69 Å². The number of rotatable bonds is 3. The number of hydrogen-bond donors (Lipinski definition) is 1. The van der Waals surface area contributed by atoms with E-state index in [1.54, 1.807) is 18.4 Å². The Morgan fingerprint density at radius 2 is 2.00 bits per heavy atom. The second-order valence-corrected chi connectivity index (χ2v) is 6.90. The summed E-state index contributed by atoms with van der Waals surface area (Å²) in [6.45, 7) is 4.31. The maximum absolute atomic E-state index is 13.2. The lowest BCUT2D eigenvalue weighted by Crippen LogP contribution is -2.45. The number of aromatic nitrogens is 2. The summed E-state index contributed by atoms with van der Waals surface area (Å²) in [5.41, 5.74) is 2.53. The molecule has 2 heterocycles. The van der Waals surface area contributed by atoms with Crippen LogP contribution >= 0.6 is 0 Å². The minimum atomic E-state index is -0.407. The summed E-state index contributed by atoms with van der Waals surface area (Å²) >= 11 is 0. The second-order valence-electron chi connectivity index (χ2n) is 6.90. The van der Waals surface area contributed by atoms with E-state index in [1.165, 1.54) is 4.57 Å². The Bertz CT molecular complexity index is 1040. The van der Waals surface area contributed by atoms with Crippen LogP contribution in [0, 0.1) is 0 Å². The average Bonchev–Trinajstić information content (AvgIpc) is 3.11. The molecule has 0 amide bonds. The van der Waals surface area contributed by atoms with Gasteiger partial charge in [-0.2, -0.15) is 0 Å². The van der Waals surface area contributed by atoms with Crippen molar-refractivity contribution in [2.24, 2.45) is 0 Å². The van der Waals surface area contributed by atoms with Crippen LogP contribution in [0.5, 0.6) is 0 Å². The molecule has 1 atom stereocenters. The van der Waals surface area contributed by atoms with Gasteiger partial charge in [0.1, 0.15) is 5.76 Å². The van der Waals surface area contributed by atoms with Gasteiger partial charge < -0.3 is 9.40 Å². The quantitative estimate of drug-likeness (QED) is 0.799. The molecule has 0 saturated heterocycles. The fourth-order valence-corrected chi connectivity index (χ4v) is 3.76. The number of benzene rings is 1. The summed E-state index contributed by atoms with van der Waals surface area (Å²) in [6, 6.07) is 11.5. The van der Waals surface area contributed by atoms with Crippen LogP contribution in [0.15, 0.2) is 56.7 Å².